The van der Waals surface area contributed by atoms with Gasteiger partial charge >= 0.3 is 5.97 Å². The monoisotopic (exact) mass is 262 g/mol. The highest BCUT2D eigenvalue weighted by Gasteiger charge is 2.31. The number of aryl methyl sites for hydroxylation is 1. The highest BCUT2D eigenvalue weighted by molar-refractivity contribution is 5.81. The lowest BCUT2D eigenvalue weighted by molar-refractivity contribution is -0.141. The van der Waals surface area contributed by atoms with E-state index in [1.165, 1.54) is 7.11 Å². The highest BCUT2D eigenvalue weighted by Crippen LogP contribution is 2.23. The Morgan fingerprint density at radius 2 is 2.32 bits per heavy atom. The van der Waals surface area contributed by atoms with E-state index in [-0.39, 0.29) is 24.5 Å². The normalized spacial score (nSPS) is 18.7. The Bertz CT molecular complexity index is 487. The smallest absolute Gasteiger partial charge is 0.307 e. The summed E-state index contributed by atoms with van der Waals surface area (Å²) in [6.45, 7) is 2.69. The number of nitrogens with zero attached hydrogens (tertiary/aromatic N) is 1. The molecule has 1 amide bonds. The topological polar surface area (TPSA) is 58.6 Å². The molecule has 102 valence electrons. The Morgan fingerprint density at radius 3 is 3.00 bits per heavy atom. The largest absolute Gasteiger partial charge is 0.469 e. The van der Waals surface area contributed by atoms with Gasteiger partial charge in [0, 0.05) is 6.54 Å². The van der Waals surface area contributed by atoms with Gasteiger partial charge < -0.3 is 9.64 Å². The van der Waals surface area contributed by atoms with Crippen LogP contribution in [-0.2, 0) is 14.3 Å². The molecule has 1 heterocycles. The number of ether oxygens (including phenoxy) is 1. The molecule has 0 saturated carbocycles. The second-order valence-electron chi connectivity index (χ2n) is 4.61. The molecule has 5 heteroatoms. The zero-order valence-electron chi connectivity index (χ0n) is 11.2. The minimum absolute atomic E-state index is 0.00964. The molecule has 2 rings (SSSR count). The molecule has 0 aliphatic carbocycles. The Balaban J connectivity index is 2.11. The van der Waals surface area contributed by atoms with Gasteiger partial charge in [0.2, 0.25) is 5.91 Å². The maximum Gasteiger partial charge on any atom is 0.307 e. The Hall–Kier alpha value is -1.88. The van der Waals surface area contributed by atoms with Crippen molar-refractivity contribution in [2.75, 3.05) is 20.2 Å². The van der Waals surface area contributed by atoms with Crippen molar-refractivity contribution in [3.8, 4) is 0 Å². The number of methoxy groups -OCH3 is 1. The van der Waals surface area contributed by atoms with Gasteiger partial charge in [-0.25, -0.2) is 0 Å². The summed E-state index contributed by atoms with van der Waals surface area (Å²) in [6, 6.07) is 8.00. The molecule has 1 saturated heterocycles. The van der Waals surface area contributed by atoms with Crippen molar-refractivity contribution in [1.29, 1.82) is 0 Å². The molecule has 0 spiro atoms. The van der Waals surface area contributed by atoms with E-state index in [4.69, 9.17) is 0 Å². The number of carbonyl (C=O) groups is 2. The molecular formula is C14H18N2O3. The highest BCUT2D eigenvalue weighted by atomic mass is 16.5. The molecule has 19 heavy (non-hydrogen) atoms. The first-order chi connectivity index (χ1) is 9.11. The van der Waals surface area contributed by atoms with Gasteiger partial charge in [0.25, 0.3) is 0 Å². The minimum Gasteiger partial charge on any atom is -0.469 e. The van der Waals surface area contributed by atoms with Crippen LogP contribution in [0.5, 0.6) is 0 Å². The first kappa shape index (κ1) is 13.5. The van der Waals surface area contributed by atoms with Gasteiger partial charge in [0.15, 0.2) is 0 Å². The predicted molar refractivity (Wildman–Crippen MR) is 70.3 cm³/mol. The fourth-order valence-corrected chi connectivity index (χ4v) is 2.25. The molecule has 1 N–H and O–H groups in total. The van der Waals surface area contributed by atoms with Crippen LogP contribution in [0.4, 0.5) is 0 Å². The summed E-state index contributed by atoms with van der Waals surface area (Å²) in [6.07, 6.45) is 0.0590. The van der Waals surface area contributed by atoms with Crippen LogP contribution in [0.15, 0.2) is 24.3 Å². The molecule has 1 aromatic carbocycles. The van der Waals surface area contributed by atoms with Crippen molar-refractivity contribution in [2.24, 2.45) is 0 Å². The van der Waals surface area contributed by atoms with Crippen LogP contribution in [0.2, 0.25) is 0 Å². The lowest BCUT2D eigenvalue weighted by Crippen LogP contribution is -2.32. The van der Waals surface area contributed by atoms with Crippen LogP contribution in [0, 0.1) is 6.92 Å². The van der Waals surface area contributed by atoms with Crippen molar-refractivity contribution in [3.05, 3.63) is 35.4 Å². The molecule has 1 aliphatic rings. The number of benzene rings is 1. The lowest BCUT2D eigenvalue weighted by atomic mass is 10.1. The van der Waals surface area contributed by atoms with E-state index in [0.717, 1.165) is 11.1 Å². The molecular weight excluding hydrogens is 244 g/mol. The summed E-state index contributed by atoms with van der Waals surface area (Å²) in [5.74, 6) is -0.293. The third-order valence-electron chi connectivity index (χ3n) is 3.22. The third kappa shape index (κ3) is 3.12. The molecule has 1 atom stereocenters. The number of esters is 1. The molecule has 1 fully saturated rings. The Labute approximate surface area is 112 Å². The van der Waals surface area contributed by atoms with E-state index in [1.807, 2.05) is 31.2 Å². The first-order valence-electron chi connectivity index (χ1n) is 6.28. The average molecular weight is 262 g/mol. The predicted octanol–water partition coefficient (Wildman–Crippen LogP) is 0.989. The second kappa shape index (κ2) is 5.84. The summed E-state index contributed by atoms with van der Waals surface area (Å²) in [5, 5.41) is 3.17. The maximum atomic E-state index is 11.9. The van der Waals surface area contributed by atoms with Crippen LogP contribution in [0.25, 0.3) is 0 Å². The van der Waals surface area contributed by atoms with Crippen LogP contribution in [0.1, 0.15) is 23.7 Å². The van der Waals surface area contributed by atoms with Crippen molar-refractivity contribution >= 4 is 11.9 Å². The number of amides is 1. The van der Waals surface area contributed by atoms with Crippen molar-refractivity contribution in [1.82, 2.24) is 10.2 Å². The van der Waals surface area contributed by atoms with Crippen molar-refractivity contribution in [3.63, 3.8) is 0 Å². The minimum atomic E-state index is -0.303. The van der Waals surface area contributed by atoms with E-state index in [1.54, 1.807) is 4.90 Å². The van der Waals surface area contributed by atoms with Gasteiger partial charge in [-0.05, 0) is 12.5 Å². The van der Waals surface area contributed by atoms with Crippen LogP contribution >= 0.6 is 0 Å². The Kier molecular flexibility index (Phi) is 4.16. The fourth-order valence-electron chi connectivity index (χ4n) is 2.25. The second-order valence-corrected chi connectivity index (χ2v) is 4.61. The molecule has 5 nitrogen and oxygen atoms in total. The molecule has 0 radical (unpaired) electrons. The summed E-state index contributed by atoms with van der Waals surface area (Å²) < 4.78 is 4.61. The van der Waals surface area contributed by atoms with E-state index in [9.17, 15) is 9.59 Å². The van der Waals surface area contributed by atoms with Gasteiger partial charge in [-0.15, -0.1) is 0 Å². The first-order valence-corrected chi connectivity index (χ1v) is 6.28. The summed E-state index contributed by atoms with van der Waals surface area (Å²) in [7, 11) is 1.35. The van der Waals surface area contributed by atoms with Gasteiger partial charge in [0.1, 0.15) is 6.17 Å². The summed E-state index contributed by atoms with van der Waals surface area (Å²) in [5.41, 5.74) is 2.18. The number of hydrogen-bond acceptors (Lipinski definition) is 4. The van der Waals surface area contributed by atoms with E-state index < -0.39 is 0 Å². The average Bonchev–Trinajstić information content (AvgIpc) is 2.77. The summed E-state index contributed by atoms with van der Waals surface area (Å²) >= 11 is 0. The lowest BCUT2D eigenvalue weighted by Gasteiger charge is -2.24. The van der Waals surface area contributed by atoms with Gasteiger partial charge in [-0.1, -0.05) is 29.8 Å². The number of rotatable bonds is 4. The number of hydrogen-bond donors (Lipinski definition) is 1. The molecule has 1 aliphatic heterocycles. The molecule has 0 bridgehead atoms. The number of nitrogens with one attached hydrogen (secondary N) is 1. The number of carbonyl (C=O) groups excluding carboxylic acids is 2. The van der Waals surface area contributed by atoms with E-state index in [2.05, 4.69) is 10.1 Å². The quantitative estimate of drug-likeness (QED) is 0.822. The fraction of sp³-hybridized carbons (Fsp3) is 0.429. The molecule has 1 aromatic rings. The summed E-state index contributed by atoms with van der Waals surface area (Å²) in [4.78, 5) is 24.7. The molecule has 1 unspecified atom stereocenters. The van der Waals surface area contributed by atoms with E-state index in [0.29, 0.717) is 13.1 Å². The standard InChI is InChI=1S/C14H18N2O3/c1-10-4-3-5-11(8-10)14-15-9-12(17)16(14)7-6-13(18)19-2/h3-5,8,14-15H,6-7,9H2,1-2H3. The maximum absolute atomic E-state index is 11.9. The van der Waals surface area contributed by atoms with Gasteiger partial charge in [-0.2, -0.15) is 0 Å². The zero-order valence-corrected chi connectivity index (χ0v) is 11.2. The Morgan fingerprint density at radius 1 is 1.53 bits per heavy atom. The van der Waals surface area contributed by atoms with Crippen LogP contribution < -0.4 is 5.32 Å². The third-order valence-corrected chi connectivity index (χ3v) is 3.22. The van der Waals surface area contributed by atoms with Gasteiger partial charge in [-0.3, -0.25) is 14.9 Å². The van der Waals surface area contributed by atoms with Gasteiger partial charge in [0.05, 0.1) is 20.1 Å². The van der Waals surface area contributed by atoms with Crippen LogP contribution in [-0.4, -0.2) is 37.0 Å². The SMILES string of the molecule is COC(=O)CCN1C(=O)CNC1c1cccc(C)c1. The van der Waals surface area contributed by atoms with E-state index >= 15 is 0 Å². The van der Waals surface area contributed by atoms with Crippen molar-refractivity contribution < 1.29 is 14.3 Å². The molecule has 0 aromatic heterocycles. The zero-order chi connectivity index (χ0) is 13.8. The van der Waals surface area contributed by atoms with Crippen molar-refractivity contribution in [2.45, 2.75) is 19.5 Å². The van der Waals surface area contributed by atoms with Crippen LogP contribution in [0.3, 0.4) is 0 Å².